The maximum Gasteiger partial charge on any atom is 0.238 e. The van der Waals surface area contributed by atoms with E-state index in [1.54, 1.807) is 42.5 Å². The number of carbonyl (C=O) groups excluding carboxylic acids is 1. The number of ketones is 1. The van der Waals surface area contributed by atoms with Crippen molar-refractivity contribution in [1.29, 1.82) is 0 Å². The first-order valence-corrected chi connectivity index (χ1v) is 12.3. The van der Waals surface area contributed by atoms with E-state index in [0.717, 1.165) is 16.8 Å². The van der Waals surface area contributed by atoms with E-state index in [2.05, 4.69) is 0 Å². The zero-order valence-electron chi connectivity index (χ0n) is 17.8. The van der Waals surface area contributed by atoms with E-state index in [-0.39, 0.29) is 10.7 Å². The lowest BCUT2D eigenvalue weighted by molar-refractivity contribution is 0.103. The summed E-state index contributed by atoms with van der Waals surface area (Å²) < 4.78 is 25.3. The monoisotopic (exact) mass is 498 g/mol. The molecular formula is C25H20Cl2N2O3S. The van der Waals surface area contributed by atoms with Crippen LogP contribution in [0, 0.1) is 13.8 Å². The van der Waals surface area contributed by atoms with Gasteiger partial charge in [-0.15, -0.1) is 0 Å². The Balaban J connectivity index is 1.90. The number of primary sulfonamides is 1. The largest absolute Gasteiger partial charge is 0.313 e. The minimum absolute atomic E-state index is 0.0111. The van der Waals surface area contributed by atoms with E-state index < -0.39 is 10.0 Å². The summed E-state index contributed by atoms with van der Waals surface area (Å²) in [6.07, 6.45) is 0. The fraction of sp³-hybridized carbons (Fsp3) is 0.0800. The molecule has 0 atom stereocenters. The second-order valence-corrected chi connectivity index (χ2v) is 10.1. The molecule has 5 nitrogen and oxygen atoms in total. The average molecular weight is 499 g/mol. The van der Waals surface area contributed by atoms with Gasteiger partial charge in [0.15, 0.2) is 5.78 Å². The van der Waals surface area contributed by atoms with Crippen LogP contribution in [0.5, 0.6) is 0 Å². The summed E-state index contributed by atoms with van der Waals surface area (Å²) in [7, 11) is -3.82. The molecule has 1 aromatic heterocycles. The summed E-state index contributed by atoms with van der Waals surface area (Å²) in [4.78, 5) is 13.4. The standard InChI is InChI=1S/C25H20Cl2N2O3S/c1-15-13-18(5-12-23(15)27)25(30)22-14-24(17-3-6-19(26)7-4-17)29(16(22)2)20-8-10-21(11-9-20)33(28,31)32/h3-14H,1-2H3,(H2,28,31,32). The van der Waals surface area contributed by atoms with Crippen LogP contribution in [-0.2, 0) is 10.0 Å². The predicted molar refractivity (Wildman–Crippen MR) is 132 cm³/mol. The van der Waals surface area contributed by atoms with Crippen molar-refractivity contribution in [3.63, 3.8) is 0 Å². The molecule has 3 aromatic carbocycles. The molecule has 0 spiro atoms. The van der Waals surface area contributed by atoms with Crippen LogP contribution >= 0.6 is 23.2 Å². The van der Waals surface area contributed by atoms with Crippen LogP contribution < -0.4 is 5.14 Å². The van der Waals surface area contributed by atoms with Crippen molar-refractivity contribution in [3.8, 4) is 16.9 Å². The first-order valence-electron chi connectivity index (χ1n) is 9.98. The van der Waals surface area contributed by atoms with Gasteiger partial charge < -0.3 is 4.57 Å². The molecule has 0 aliphatic carbocycles. The van der Waals surface area contributed by atoms with Crippen LogP contribution in [0.3, 0.4) is 0 Å². The van der Waals surface area contributed by atoms with Gasteiger partial charge in [0.1, 0.15) is 0 Å². The highest BCUT2D eigenvalue weighted by Gasteiger charge is 2.21. The number of aromatic nitrogens is 1. The number of benzene rings is 3. The normalized spacial score (nSPS) is 11.5. The number of nitrogens with two attached hydrogens (primary N) is 1. The number of hydrogen-bond donors (Lipinski definition) is 1. The lowest BCUT2D eigenvalue weighted by atomic mass is 10.0. The van der Waals surface area contributed by atoms with Crippen LogP contribution in [0.15, 0.2) is 77.7 Å². The molecule has 0 bridgehead atoms. The maximum absolute atomic E-state index is 13.4. The molecule has 33 heavy (non-hydrogen) atoms. The molecule has 0 aliphatic rings. The van der Waals surface area contributed by atoms with Gasteiger partial charge in [0.25, 0.3) is 0 Å². The second kappa shape index (κ2) is 8.80. The van der Waals surface area contributed by atoms with Gasteiger partial charge in [-0.1, -0.05) is 35.3 Å². The lowest BCUT2D eigenvalue weighted by Crippen LogP contribution is -2.12. The van der Waals surface area contributed by atoms with E-state index in [4.69, 9.17) is 28.3 Å². The number of sulfonamides is 1. The summed E-state index contributed by atoms with van der Waals surface area (Å²) in [6, 6.07) is 20.5. The van der Waals surface area contributed by atoms with Gasteiger partial charge in [-0.2, -0.15) is 0 Å². The van der Waals surface area contributed by atoms with E-state index in [1.807, 2.05) is 36.6 Å². The van der Waals surface area contributed by atoms with E-state index in [1.165, 1.54) is 12.1 Å². The molecule has 1 heterocycles. The van der Waals surface area contributed by atoms with Crippen molar-refractivity contribution in [2.75, 3.05) is 0 Å². The number of rotatable bonds is 5. The highest BCUT2D eigenvalue weighted by atomic mass is 35.5. The molecule has 0 saturated carbocycles. The van der Waals surface area contributed by atoms with E-state index >= 15 is 0 Å². The minimum atomic E-state index is -3.82. The molecule has 0 radical (unpaired) electrons. The Morgan fingerprint density at radius 2 is 1.52 bits per heavy atom. The first-order chi connectivity index (χ1) is 15.6. The molecule has 0 fully saturated rings. The lowest BCUT2D eigenvalue weighted by Gasteiger charge is -2.13. The Hall–Kier alpha value is -2.90. The molecule has 0 saturated heterocycles. The number of carbonyl (C=O) groups is 1. The van der Waals surface area contributed by atoms with Gasteiger partial charge >= 0.3 is 0 Å². The van der Waals surface area contributed by atoms with E-state index in [0.29, 0.717) is 32.6 Å². The van der Waals surface area contributed by atoms with Gasteiger partial charge in [-0.3, -0.25) is 4.79 Å². The van der Waals surface area contributed by atoms with Gasteiger partial charge in [-0.05, 0) is 85.6 Å². The molecule has 168 valence electrons. The molecule has 0 unspecified atom stereocenters. The zero-order valence-corrected chi connectivity index (χ0v) is 20.2. The van der Waals surface area contributed by atoms with Gasteiger partial charge in [0, 0.05) is 32.6 Å². The summed E-state index contributed by atoms with van der Waals surface area (Å²) in [6.45, 7) is 3.70. The van der Waals surface area contributed by atoms with Crippen molar-refractivity contribution in [3.05, 3.63) is 105 Å². The van der Waals surface area contributed by atoms with Crippen LogP contribution in [0.2, 0.25) is 10.0 Å². The Kier molecular flexibility index (Phi) is 6.20. The van der Waals surface area contributed by atoms with Crippen LogP contribution in [0.1, 0.15) is 27.2 Å². The Morgan fingerprint density at radius 1 is 0.879 bits per heavy atom. The number of nitrogens with zero attached hydrogens (tertiary/aromatic N) is 1. The van der Waals surface area contributed by atoms with Crippen molar-refractivity contribution in [2.24, 2.45) is 5.14 Å². The fourth-order valence-electron chi connectivity index (χ4n) is 3.73. The molecule has 2 N–H and O–H groups in total. The molecule has 4 rings (SSSR count). The third kappa shape index (κ3) is 4.61. The fourth-order valence-corrected chi connectivity index (χ4v) is 4.49. The molecular weight excluding hydrogens is 479 g/mol. The summed E-state index contributed by atoms with van der Waals surface area (Å²) in [5.41, 5.74) is 4.89. The smallest absolute Gasteiger partial charge is 0.238 e. The summed E-state index contributed by atoms with van der Waals surface area (Å²) in [5, 5.41) is 6.43. The highest BCUT2D eigenvalue weighted by Crippen LogP contribution is 2.32. The van der Waals surface area contributed by atoms with Gasteiger partial charge in [-0.25, -0.2) is 13.6 Å². The van der Waals surface area contributed by atoms with Gasteiger partial charge in [0.2, 0.25) is 10.0 Å². The molecule has 0 amide bonds. The van der Waals surface area contributed by atoms with Gasteiger partial charge in [0.05, 0.1) is 10.6 Å². The van der Waals surface area contributed by atoms with Crippen molar-refractivity contribution in [2.45, 2.75) is 18.7 Å². The quantitative estimate of drug-likeness (QED) is 0.345. The molecule has 4 aromatic rings. The minimum Gasteiger partial charge on any atom is -0.313 e. The predicted octanol–water partition coefficient (Wildman–Crippen LogP) is 5.95. The highest BCUT2D eigenvalue weighted by molar-refractivity contribution is 7.89. The summed E-state index contributed by atoms with van der Waals surface area (Å²) >= 11 is 12.2. The van der Waals surface area contributed by atoms with Crippen LogP contribution in [0.4, 0.5) is 0 Å². The van der Waals surface area contributed by atoms with E-state index in [9.17, 15) is 13.2 Å². The maximum atomic E-state index is 13.4. The third-order valence-corrected chi connectivity index (χ3v) is 7.08. The van der Waals surface area contributed by atoms with Crippen molar-refractivity contribution < 1.29 is 13.2 Å². The SMILES string of the molecule is Cc1cc(C(=O)c2cc(-c3ccc(Cl)cc3)n(-c3ccc(S(N)(=O)=O)cc3)c2C)ccc1Cl. The third-order valence-electron chi connectivity index (χ3n) is 5.48. The van der Waals surface area contributed by atoms with Crippen molar-refractivity contribution >= 4 is 39.0 Å². The Labute approximate surface area is 202 Å². The topological polar surface area (TPSA) is 82.2 Å². The van der Waals surface area contributed by atoms with Crippen molar-refractivity contribution in [1.82, 2.24) is 4.57 Å². The number of aryl methyl sites for hydroxylation is 1. The Bertz CT molecular complexity index is 1470. The average Bonchev–Trinajstić information content (AvgIpc) is 3.12. The van der Waals surface area contributed by atoms with Crippen LogP contribution in [-0.4, -0.2) is 18.8 Å². The molecule has 0 aliphatic heterocycles. The summed E-state index contributed by atoms with van der Waals surface area (Å²) in [5.74, 6) is -0.137. The van der Waals surface area contributed by atoms with Crippen LogP contribution in [0.25, 0.3) is 16.9 Å². The first kappa shape index (κ1) is 23.3. The number of hydrogen-bond acceptors (Lipinski definition) is 3. The zero-order chi connectivity index (χ0) is 23.9. The molecule has 8 heteroatoms. The second-order valence-electron chi connectivity index (χ2n) is 7.70. The Morgan fingerprint density at radius 3 is 2.09 bits per heavy atom. The number of halogens is 2.